The summed E-state index contributed by atoms with van der Waals surface area (Å²) in [5, 5.41) is 0. The van der Waals surface area contributed by atoms with Crippen LogP contribution in [0.25, 0.3) is 0 Å². The second-order valence-corrected chi connectivity index (χ2v) is 8.17. The van der Waals surface area contributed by atoms with Crippen molar-refractivity contribution in [3.8, 4) is 17.7 Å². The number of benzene rings is 1. The van der Waals surface area contributed by atoms with E-state index in [1.807, 2.05) is 63.2 Å². The highest BCUT2D eigenvalue weighted by atomic mass is 16.6. The van der Waals surface area contributed by atoms with Crippen LogP contribution in [0.5, 0.6) is 5.88 Å². The molecule has 1 aliphatic rings. The minimum atomic E-state index is -0.461. The lowest BCUT2D eigenvalue weighted by atomic mass is 9.97. The normalized spacial score (nSPS) is 14.7. The summed E-state index contributed by atoms with van der Waals surface area (Å²) in [7, 11) is 0. The minimum absolute atomic E-state index is 0.237. The molecular weight excluding hydrogens is 364 g/mol. The largest absolute Gasteiger partial charge is 0.473 e. The van der Waals surface area contributed by atoms with Crippen molar-refractivity contribution in [2.24, 2.45) is 5.92 Å². The molecule has 1 aromatic carbocycles. The highest BCUT2D eigenvalue weighted by Crippen LogP contribution is 2.19. The fraction of sp³-hybridized carbons (Fsp3) is 0.417. The van der Waals surface area contributed by atoms with Crippen LogP contribution in [-0.2, 0) is 11.3 Å². The molecule has 1 fully saturated rings. The van der Waals surface area contributed by atoms with Gasteiger partial charge in [-0.1, -0.05) is 42.2 Å². The maximum Gasteiger partial charge on any atom is 0.410 e. The van der Waals surface area contributed by atoms with Crippen LogP contribution in [0.15, 0.2) is 48.7 Å². The lowest BCUT2D eigenvalue weighted by molar-refractivity contribution is 0.0199. The molecule has 0 atom stereocenters. The monoisotopic (exact) mass is 392 g/mol. The van der Waals surface area contributed by atoms with E-state index in [-0.39, 0.29) is 12.0 Å². The van der Waals surface area contributed by atoms with Crippen LogP contribution in [0.3, 0.4) is 0 Å². The van der Waals surface area contributed by atoms with Gasteiger partial charge in [-0.3, -0.25) is 0 Å². The van der Waals surface area contributed by atoms with Gasteiger partial charge in [0, 0.05) is 36.8 Å². The third kappa shape index (κ3) is 6.83. The van der Waals surface area contributed by atoms with E-state index >= 15 is 0 Å². The zero-order valence-electron chi connectivity index (χ0n) is 17.4. The number of piperidine rings is 1. The Labute approximate surface area is 173 Å². The zero-order chi connectivity index (χ0) is 20.7. The minimum Gasteiger partial charge on any atom is -0.473 e. The Bertz CT molecular complexity index is 853. The number of carbonyl (C=O) groups is 1. The second-order valence-electron chi connectivity index (χ2n) is 8.17. The summed E-state index contributed by atoms with van der Waals surface area (Å²) < 4.78 is 11.1. The Balaban J connectivity index is 1.46. The molecule has 3 rings (SSSR count). The lowest BCUT2D eigenvalue weighted by Gasteiger charge is -2.31. The van der Waals surface area contributed by atoms with Crippen molar-refractivity contribution in [1.29, 1.82) is 0 Å². The van der Waals surface area contributed by atoms with Crippen LogP contribution in [0.2, 0.25) is 0 Å². The Kier molecular flexibility index (Phi) is 6.77. The average molecular weight is 392 g/mol. The van der Waals surface area contributed by atoms with Crippen molar-refractivity contribution in [3.63, 3.8) is 0 Å². The summed E-state index contributed by atoms with van der Waals surface area (Å²) >= 11 is 0. The summed E-state index contributed by atoms with van der Waals surface area (Å²) in [4.78, 5) is 18.2. The van der Waals surface area contributed by atoms with Crippen LogP contribution < -0.4 is 4.74 Å². The molecule has 29 heavy (non-hydrogen) atoms. The summed E-state index contributed by atoms with van der Waals surface area (Å²) in [6, 6.07) is 13.8. The first-order chi connectivity index (χ1) is 13.9. The van der Waals surface area contributed by atoms with Gasteiger partial charge in [0.05, 0.1) is 0 Å². The molecular formula is C24H28N2O3. The van der Waals surface area contributed by atoms with Gasteiger partial charge in [-0.05, 0) is 45.2 Å². The predicted molar refractivity (Wildman–Crippen MR) is 112 cm³/mol. The van der Waals surface area contributed by atoms with E-state index in [1.165, 1.54) is 0 Å². The van der Waals surface area contributed by atoms with Crippen LogP contribution >= 0.6 is 0 Å². The fourth-order valence-corrected chi connectivity index (χ4v) is 2.99. The second kappa shape index (κ2) is 9.47. The van der Waals surface area contributed by atoms with Gasteiger partial charge in [0.25, 0.3) is 0 Å². The molecule has 2 heterocycles. The van der Waals surface area contributed by atoms with Gasteiger partial charge in [0.15, 0.2) is 0 Å². The predicted octanol–water partition coefficient (Wildman–Crippen LogP) is 4.66. The van der Waals surface area contributed by atoms with Crippen LogP contribution in [0, 0.1) is 17.8 Å². The molecule has 5 heteroatoms. The maximum atomic E-state index is 12.1. The van der Waals surface area contributed by atoms with Crippen LogP contribution in [0.1, 0.15) is 44.7 Å². The van der Waals surface area contributed by atoms with Crippen molar-refractivity contribution in [3.05, 3.63) is 59.8 Å². The molecule has 0 radical (unpaired) electrons. The number of likely N-dealkylation sites (tertiary alicyclic amines) is 1. The van der Waals surface area contributed by atoms with Crippen LogP contribution in [-0.4, -0.2) is 34.7 Å². The topological polar surface area (TPSA) is 51.7 Å². The lowest BCUT2D eigenvalue weighted by Crippen LogP contribution is -2.41. The number of carbonyl (C=O) groups excluding carboxylic acids is 1. The number of hydrogen-bond acceptors (Lipinski definition) is 4. The Hall–Kier alpha value is -3.00. The Morgan fingerprint density at radius 1 is 1.14 bits per heavy atom. The van der Waals surface area contributed by atoms with E-state index in [1.54, 1.807) is 11.1 Å². The molecule has 1 saturated heterocycles. The summed E-state index contributed by atoms with van der Waals surface area (Å²) in [5.74, 6) is 7.38. The molecule has 0 N–H and O–H groups in total. The van der Waals surface area contributed by atoms with Crippen molar-refractivity contribution in [2.75, 3.05) is 13.1 Å². The molecule has 1 aromatic heterocycles. The third-order valence-electron chi connectivity index (χ3n) is 4.53. The van der Waals surface area contributed by atoms with Gasteiger partial charge in [-0.15, -0.1) is 0 Å². The van der Waals surface area contributed by atoms with Gasteiger partial charge in [0.2, 0.25) is 5.88 Å². The zero-order valence-corrected chi connectivity index (χ0v) is 17.4. The number of amides is 1. The SMILES string of the molecule is CC(C)(C)OC(=O)N1CCC(C#Cc2ccc(OCc3ccccc3)nc2)CC1. The molecule has 0 saturated carbocycles. The van der Waals surface area contributed by atoms with Gasteiger partial charge in [-0.2, -0.15) is 0 Å². The van der Waals surface area contributed by atoms with Crippen molar-refractivity contribution in [2.45, 2.75) is 45.8 Å². The number of aromatic nitrogens is 1. The molecule has 5 nitrogen and oxygen atoms in total. The molecule has 1 aliphatic heterocycles. The van der Waals surface area contributed by atoms with E-state index in [4.69, 9.17) is 9.47 Å². The Morgan fingerprint density at radius 2 is 1.86 bits per heavy atom. The van der Waals surface area contributed by atoms with Gasteiger partial charge in [-0.25, -0.2) is 9.78 Å². The molecule has 0 aliphatic carbocycles. The molecule has 0 spiro atoms. The molecule has 0 unspecified atom stereocenters. The highest BCUT2D eigenvalue weighted by Gasteiger charge is 2.26. The molecule has 2 aromatic rings. The van der Waals surface area contributed by atoms with Crippen LogP contribution in [0.4, 0.5) is 4.79 Å². The highest BCUT2D eigenvalue weighted by molar-refractivity contribution is 5.68. The third-order valence-corrected chi connectivity index (χ3v) is 4.53. The van der Waals surface area contributed by atoms with E-state index in [9.17, 15) is 4.79 Å². The van der Waals surface area contributed by atoms with Gasteiger partial charge < -0.3 is 14.4 Å². The number of nitrogens with zero attached hydrogens (tertiary/aromatic N) is 2. The summed E-state index contributed by atoms with van der Waals surface area (Å²) in [6.07, 6.45) is 3.22. The van der Waals surface area contributed by atoms with E-state index in [0.717, 1.165) is 24.0 Å². The van der Waals surface area contributed by atoms with Gasteiger partial charge >= 0.3 is 6.09 Å². The molecule has 1 amide bonds. The average Bonchev–Trinajstić information content (AvgIpc) is 2.71. The first-order valence-electron chi connectivity index (χ1n) is 10.0. The van der Waals surface area contributed by atoms with E-state index in [2.05, 4.69) is 16.8 Å². The fourth-order valence-electron chi connectivity index (χ4n) is 2.99. The quantitative estimate of drug-likeness (QED) is 0.713. The number of rotatable bonds is 3. The smallest absolute Gasteiger partial charge is 0.410 e. The summed E-state index contributed by atoms with van der Waals surface area (Å²) in [6.45, 7) is 7.51. The first-order valence-corrected chi connectivity index (χ1v) is 10.0. The number of pyridine rings is 1. The van der Waals surface area contributed by atoms with Crippen molar-refractivity contribution >= 4 is 6.09 Å². The number of ether oxygens (including phenoxy) is 2. The van der Waals surface area contributed by atoms with Crippen molar-refractivity contribution in [1.82, 2.24) is 9.88 Å². The van der Waals surface area contributed by atoms with Gasteiger partial charge in [0.1, 0.15) is 12.2 Å². The molecule has 0 bridgehead atoms. The first kappa shape index (κ1) is 20.7. The Morgan fingerprint density at radius 3 is 2.48 bits per heavy atom. The summed E-state index contributed by atoms with van der Waals surface area (Å²) in [5.41, 5.74) is 1.51. The maximum absolute atomic E-state index is 12.1. The molecule has 152 valence electrons. The number of hydrogen-bond donors (Lipinski definition) is 0. The van der Waals surface area contributed by atoms with E-state index in [0.29, 0.717) is 25.6 Å². The standard InChI is InChI=1S/C24H28N2O3/c1-24(2,3)29-23(27)26-15-13-19(14-16-26)9-10-20-11-12-22(25-17-20)28-18-21-7-5-4-6-8-21/h4-8,11-12,17,19H,13-16,18H2,1-3H3. The van der Waals surface area contributed by atoms with E-state index < -0.39 is 5.60 Å². The van der Waals surface area contributed by atoms with Crippen molar-refractivity contribution < 1.29 is 14.3 Å².